The number of nitrogens with zero attached hydrogens (tertiary/aromatic N) is 1. The summed E-state index contributed by atoms with van der Waals surface area (Å²) in [6.07, 6.45) is 2.51. The maximum absolute atomic E-state index is 12.4. The van der Waals surface area contributed by atoms with Crippen molar-refractivity contribution in [3.05, 3.63) is 83.6 Å². The third-order valence-corrected chi connectivity index (χ3v) is 4.31. The van der Waals surface area contributed by atoms with E-state index in [-0.39, 0.29) is 11.9 Å². The Bertz CT molecular complexity index is 966. The van der Waals surface area contributed by atoms with Gasteiger partial charge in [0.15, 0.2) is 0 Å². The zero-order valence-corrected chi connectivity index (χ0v) is 16.4. The van der Waals surface area contributed by atoms with Gasteiger partial charge in [-0.1, -0.05) is 19.1 Å². The van der Waals surface area contributed by atoms with Gasteiger partial charge in [0.25, 0.3) is 5.91 Å². The molecule has 0 aliphatic carbocycles. The highest BCUT2D eigenvalue weighted by Gasteiger charge is 2.09. The maximum atomic E-state index is 12.4. The van der Waals surface area contributed by atoms with Crippen molar-refractivity contribution in [3.8, 4) is 0 Å². The summed E-state index contributed by atoms with van der Waals surface area (Å²) in [5.74, 6) is -0.00757. The van der Waals surface area contributed by atoms with Gasteiger partial charge < -0.3 is 15.4 Å². The van der Waals surface area contributed by atoms with E-state index in [1.54, 1.807) is 43.3 Å². The fraction of sp³-hybridized carbons (Fsp3) is 0.174. The lowest BCUT2D eigenvalue weighted by Gasteiger charge is -2.08. The Balaban J connectivity index is 1.60. The first-order valence-electron chi connectivity index (χ1n) is 9.49. The Morgan fingerprint density at radius 1 is 0.862 bits per heavy atom. The fourth-order valence-electron chi connectivity index (χ4n) is 2.68. The predicted molar refractivity (Wildman–Crippen MR) is 114 cm³/mol. The lowest BCUT2D eigenvalue weighted by atomic mass is 10.1. The van der Waals surface area contributed by atoms with Gasteiger partial charge in [-0.15, -0.1) is 0 Å². The molecule has 0 atom stereocenters. The molecule has 3 rings (SSSR count). The van der Waals surface area contributed by atoms with E-state index < -0.39 is 0 Å². The molecular weight excluding hydrogens is 366 g/mol. The number of rotatable bonds is 7. The number of carbonyl (C=O) groups excluding carboxylic acids is 2. The Hall–Kier alpha value is -3.67. The minimum atomic E-state index is -0.387. The first-order chi connectivity index (χ1) is 14.1. The monoisotopic (exact) mass is 389 g/mol. The van der Waals surface area contributed by atoms with E-state index in [2.05, 4.69) is 34.7 Å². The summed E-state index contributed by atoms with van der Waals surface area (Å²) in [7, 11) is 0. The summed E-state index contributed by atoms with van der Waals surface area (Å²) >= 11 is 0. The largest absolute Gasteiger partial charge is 0.462 e. The van der Waals surface area contributed by atoms with E-state index in [0.29, 0.717) is 29.2 Å². The average Bonchev–Trinajstić information content (AvgIpc) is 2.75. The number of amides is 1. The number of pyridine rings is 1. The molecule has 0 fully saturated rings. The highest BCUT2D eigenvalue weighted by Crippen LogP contribution is 2.17. The molecule has 0 aliphatic rings. The van der Waals surface area contributed by atoms with Crippen LogP contribution < -0.4 is 10.6 Å². The van der Waals surface area contributed by atoms with Gasteiger partial charge in [0.05, 0.1) is 17.7 Å². The molecule has 1 heterocycles. The van der Waals surface area contributed by atoms with Crippen molar-refractivity contribution in [1.82, 2.24) is 4.98 Å². The normalized spacial score (nSPS) is 10.3. The summed E-state index contributed by atoms with van der Waals surface area (Å²) in [6, 6.07) is 18.1. The second-order valence-electron chi connectivity index (χ2n) is 6.36. The van der Waals surface area contributed by atoms with Gasteiger partial charge in [-0.2, -0.15) is 0 Å². The molecule has 1 amide bonds. The quantitative estimate of drug-likeness (QED) is 0.567. The zero-order valence-electron chi connectivity index (χ0n) is 16.4. The summed E-state index contributed by atoms with van der Waals surface area (Å²) in [6.45, 7) is 4.19. The first kappa shape index (κ1) is 20.1. The zero-order chi connectivity index (χ0) is 20.6. The van der Waals surface area contributed by atoms with Crippen LogP contribution in [0, 0.1) is 0 Å². The second kappa shape index (κ2) is 9.50. The SMILES string of the molecule is CCOC(=O)c1ccc(NC(=O)c2ccc(Nc3ccc(CC)cc3)nc2)cc1. The Kier molecular flexibility index (Phi) is 6.58. The van der Waals surface area contributed by atoms with E-state index in [1.165, 1.54) is 11.8 Å². The van der Waals surface area contributed by atoms with Crippen molar-refractivity contribution >= 4 is 29.1 Å². The number of hydrogen-bond acceptors (Lipinski definition) is 5. The number of esters is 1. The number of ether oxygens (including phenoxy) is 1. The topological polar surface area (TPSA) is 80.3 Å². The molecule has 0 saturated heterocycles. The first-order valence-corrected chi connectivity index (χ1v) is 9.49. The lowest BCUT2D eigenvalue weighted by molar-refractivity contribution is 0.0526. The van der Waals surface area contributed by atoms with Gasteiger partial charge in [-0.25, -0.2) is 9.78 Å². The van der Waals surface area contributed by atoms with Crippen LogP contribution in [0.3, 0.4) is 0 Å². The van der Waals surface area contributed by atoms with Crippen LogP contribution in [0.25, 0.3) is 0 Å². The lowest BCUT2D eigenvalue weighted by Crippen LogP contribution is -2.12. The third-order valence-electron chi connectivity index (χ3n) is 4.31. The van der Waals surface area contributed by atoms with Crippen LogP contribution in [-0.4, -0.2) is 23.5 Å². The summed E-state index contributed by atoms with van der Waals surface area (Å²) < 4.78 is 4.94. The van der Waals surface area contributed by atoms with Crippen LogP contribution in [0.4, 0.5) is 17.2 Å². The molecule has 0 aliphatic heterocycles. The maximum Gasteiger partial charge on any atom is 0.338 e. The van der Waals surface area contributed by atoms with Gasteiger partial charge >= 0.3 is 5.97 Å². The van der Waals surface area contributed by atoms with Crippen molar-refractivity contribution in [2.75, 3.05) is 17.2 Å². The minimum Gasteiger partial charge on any atom is -0.462 e. The van der Waals surface area contributed by atoms with Crippen LogP contribution in [0.5, 0.6) is 0 Å². The van der Waals surface area contributed by atoms with Crippen molar-refractivity contribution in [2.45, 2.75) is 20.3 Å². The molecular formula is C23H23N3O3. The Morgan fingerprint density at radius 3 is 2.10 bits per heavy atom. The van der Waals surface area contributed by atoms with E-state index in [4.69, 9.17) is 4.74 Å². The smallest absolute Gasteiger partial charge is 0.338 e. The highest BCUT2D eigenvalue weighted by molar-refractivity contribution is 6.04. The van der Waals surface area contributed by atoms with E-state index >= 15 is 0 Å². The van der Waals surface area contributed by atoms with Gasteiger partial charge in [0.2, 0.25) is 0 Å². The van der Waals surface area contributed by atoms with Gasteiger partial charge in [0, 0.05) is 17.6 Å². The molecule has 3 aromatic rings. The summed E-state index contributed by atoms with van der Waals surface area (Å²) in [4.78, 5) is 28.4. The molecule has 2 N–H and O–H groups in total. The molecule has 1 aromatic heterocycles. The number of nitrogens with one attached hydrogen (secondary N) is 2. The van der Waals surface area contributed by atoms with Crippen molar-refractivity contribution in [2.24, 2.45) is 0 Å². The molecule has 0 unspecified atom stereocenters. The van der Waals surface area contributed by atoms with Crippen LogP contribution in [0.2, 0.25) is 0 Å². The number of aromatic nitrogens is 1. The Morgan fingerprint density at radius 2 is 1.52 bits per heavy atom. The molecule has 6 heteroatoms. The number of benzene rings is 2. The number of hydrogen-bond donors (Lipinski definition) is 2. The molecule has 0 radical (unpaired) electrons. The molecule has 6 nitrogen and oxygen atoms in total. The van der Waals surface area contributed by atoms with Gasteiger partial charge in [-0.3, -0.25) is 4.79 Å². The van der Waals surface area contributed by atoms with E-state index in [9.17, 15) is 9.59 Å². The van der Waals surface area contributed by atoms with Crippen molar-refractivity contribution < 1.29 is 14.3 Å². The average molecular weight is 389 g/mol. The van der Waals surface area contributed by atoms with Crippen LogP contribution in [-0.2, 0) is 11.2 Å². The van der Waals surface area contributed by atoms with Crippen LogP contribution in [0.1, 0.15) is 40.1 Å². The highest BCUT2D eigenvalue weighted by atomic mass is 16.5. The number of anilines is 3. The molecule has 2 aromatic carbocycles. The number of carbonyl (C=O) groups is 2. The van der Waals surface area contributed by atoms with Crippen molar-refractivity contribution in [3.63, 3.8) is 0 Å². The summed E-state index contributed by atoms with van der Waals surface area (Å²) in [5.41, 5.74) is 3.67. The van der Waals surface area contributed by atoms with Gasteiger partial charge in [0.1, 0.15) is 5.82 Å². The Labute approximate surface area is 169 Å². The van der Waals surface area contributed by atoms with E-state index in [0.717, 1.165) is 12.1 Å². The van der Waals surface area contributed by atoms with E-state index in [1.807, 2.05) is 12.1 Å². The van der Waals surface area contributed by atoms with Gasteiger partial charge in [-0.05, 0) is 67.4 Å². The fourth-order valence-corrected chi connectivity index (χ4v) is 2.68. The molecule has 0 spiro atoms. The minimum absolute atomic E-state index is 0.278. The molecule has 148 valence electrons. The second-order valence-corrected chi connectivity index (χ2v) is 6.36. The standard InChI is InChI=1S/C23H23N3O3/c1-3-16-5-10-19(11-6-16)25-21-14-9-18(15-24-21)22(27)26-20-12-7-17(8-13-20)23(28)29-4-2/h5-15H,3-4H2,1-2H3,(H,24,25)(H,26,27). The third kappa shape index (κ3) is 5.42. The number of aryl methyl sites for hydroxylation is 1. The molecule has 0 saturated carbocycles. The summed E-state index contributed by atoms with van der Waals surface area (Å²) in [5, 5.41) is 6.00. The van der Waals surface area contributed by atoms with Crippen LogP contribution >= 0.6 is 0 Å². The van der Waals surface area contributed by atoms with Crippen LogP contribution in [0.15, 0.2) is 66.9 Å². The molecule has 0 bridgehead atoms. The molecule has 29 heavy (non-hydrogen) atoms. The predicted octanol–water partition coefficient (Wildman–Crippen LogP) is 4.82. The van der Waals surface area contributed by atoms with Crippen molar-refractivity contribution in [1.29, 1.82) is 0 Å².